The molecule has 1 aromatic carbocycles. The molecule has 0 aliphatic rings. The number of nitrogens with zero attached hydrogens (tertiary/aromatic N) is 2. The molecule has 1 unspecified atom stereocenters. The minimum absolute atomic E-state index is 0.0756. The number of benzene rings is 1. The maximum absolute atomic E-state index is 5.98. The van der Waals surface area contributed by atoms with Crippen molar-refractivity contribution in [3.63, 3.8) is 0 Å². The van der Waals surface area contributed by atoms with E-state index in [-0.39, 0.29) is 6.04 Å². The molecule has 1 atom stereocenters. The molecule has 5 heteroatoms. The van der Waals surface area contributed by atoms with Gasteiger partial charge in [0, 0.05) is 15.5 Å². The highest BCUT2D eigenvalue weighted by Crippen LogP contribution is 2.26. The summed E-state index contributed by atoms with van der Waals surface area (Å²) < 4.78 is 2.89. The molecule has 84 valence electrons. The van der Waals surface area contributed by atoms with Gasteiger partial charge in [-0.05, 0) is 41.1 Å². The molecule has 0 radical (unpaired) electrons. The SMILES string of the molecule is CC(N)c1cncn1-c1cc(Cl)ccc1Br. The van der Waals surface area contributed by atoms with Gasteiger partial charge < -0.3 is 10.3 Å². The summed E-state index contributed by atoms with van der Waals surface area (Å²) in [5.74, 6) is 0. The van der Waals surface area contributed by atoms with Crippen LogP contribution in [0.2, 0.25) is 5.02 Å². The summed E-state index contributed by atoms with van der Waals surface area (Å²) >= 11 is 9.47. The Labute approximate surface area is 107 Å². The summed E-state index contributed by atoms with van der Waals surface area (Å²) in [5.41, 5.74) is 7.76. The van der Waals surface area contributed by atoms with Crippen LogP contribution >= 0.6 is 27.5 Å². The molecule has 2 N–H and O–H groups in total. The van der Waals surface area contributed by atoms with Gasteiger partial charge in [0.25, 0.3) is 0 Å². The van der Waals surface area contributed by atoms with Gasteiger partial charge in [-0.3, -0.25) is 0 Å². The average molecular weight is 301 g/mol. The number of halogens is 2. The highest BCUT2D eigenvalue weighted by molar-refractivity contribution is 9.10. The van der Waals surface area contributed by atoms with E-state index in [2.05, 4.69) is 20.9 Å². The van der Waals surface area contributed by atoms with Crippen LogP contribution in [0.15, 0.2) is 35.2 Å². The zero-order valence-corrected chi connectivity index (χ0v) is 11.0. The molecule has 0 bridgehead atoms. The minimum Gasteiger partial charge on any atom is -0.323 e. The fourth-order valence-electron chi connectivity index (χ4n) is 1.51. The summed E-state index contributed by atoms with van der Waals surface area (Å²) in [6.45, 7) is 1.92. The summed E-state index contributed by atoms with van der Waals surface area (Å²) in [7, 11) is 0. The van der Waals surface area contributed by atoms with E-state index < -0.39 is 0 Å². The highest BCUT2D eigenvalue weighted by atomic mass is 79.9. The number of hydrogen-bond donors (Lipinski definition) is 1. The van der Waals surface area contributed by atoms with Crippen molar-refractivity contribution < 1.29 is 0 Å². The third-order valence-corrected chi connectivity index (χ3v) is 3.21. The van der Waals surface area contributed by atoms with Gasteiger partial charge in [0.1, 0.15) is 0 Å². The standard InChI is InChI=1S/C11H11BrClN3/c1-7(14)11-5-15-6-16(11)10-4-8(13)2-3-9(10)12/h2-7H,14H2,1H3. The molecule has 0 amide bonds. The zero-order valence-electron chi connectivity index (χ0n) is 8.69. The number of imidazole rings is 1. The lowest BCUT2D eigenvalue weighted by Gasteiger charge is -2.12. The van der Waals surface area contributed by atoms with E-state index in [1.165, 1.54) is 0 Å². The average Bonchev–Trinajstić information content (AvgIpc) is 2.70. The molecule has 0 spiro atoms. The maximum atomic E-state index is 5.98. The van der Waals surface area contributed by atoms with Gasteiger partial charge in [0.05, 0.1) is 23.9 Å². The molecule has 1 heterocycles. The predicted octanol–water partition coefficient (Wildman–Crippen LogP) is 3.31. The molecule has 2 rings (SSSR count). The lowest BCUT2D eigenvalue weighted by molar-refractivity contribution is 0.751. The van der Waals surface area contributed by atoms with Crippen LogP contribution in [0.3, 0.4) is 0 Å². The Bertz CT molecular complexity index is 508. The second-order valence-electron chi connectivity index (χ2n) is 3.57. The third-order valence-electron chi connectivity index (χ3n) is 2.30. The molecule has 2 aromatic rings. The highest BCUT2D eigenvalue weighted by Gasteiger charge is 2.11. The molecular formula is C11H11BrClN3. The molecule has 0 saturated carbocycles. The molecule has 1 aromatic heterocycles. The Hall–Kier alpha value is -0.840. The van der Waals surface area contributed by atoms with E-state index in [0.29, 0.717) is 5.02 Å². The first-order valence-corrected chi connectivity index (χ1v) is 6.00. The molecule has 0 aliphatic carbocycles. The van der Waals surface area contributed by atoms with Gasteiger partial charge in [-0.2, -0.15) is 0 Å². The first kappa shape index (κ1) is 11.6. The minimum atomic E-state index is -0.0756. The van der Waals surface area contributed by atoms with Crippen LogP contribution in [0, 0.1) is 0 Å². The topological polar surface area (TPSA) is 43.8 Å². The van der Waals surface area contributed by atoms with Crippen LogP contribution in [0.1, 0.15) is 18.7 Å². The zero-order chi connectivity index (χ0) is 11.7. The Kier molecular flexibility index (Phi) is 3.33. The fourth-order valence-corrected chi connectivity index (χ4v) is 2.12. The largest absolute Gasteiger partial charge is 0.323 e. The van der Waals surface area contributed by atoms with Crippen LogP contribution in [0.4, 0.5) is 0 Å². The van der Waals surface area contributed by atoms with Crippen molar-refractivity contribution in [2.75, 3.05) is 0 Å². The predicted molar refractivity (Wildman–Crippen MR) is 68.9 cm³/mol. The van der Waals surface area contributed by atoms with E-state index in [4.69, 9.17) is 17.3 Å². The van der Waals surface area contributed by atoms with Crippen LogP contribution in [0.5, 0.6) is 0 Å². The molecule has 0 fully saturated rings. The second kappa shape index (κ2) is 4.57. The quantitative estimate of drug-likeness (QED) is 0.924. The Morgan fingerprint density at radius 2 is 2.25 bits per heavy atom. The van der Waals surface area contributed by atoms with Crippen LogP contribution in [-0.2, 0) is 0 Å². The molecular weight excluding hydrogens is 289 g/mol. The van der Waals surface area contributed by atoms with E-state index in [1.807, 2.05) is 29.7 Å². The summed E-state index contributed by atoms with van der Waals surface area (Å²) in [6, 6.07) is 5.53. The maximum Gasteiger partial charge on any atom is 0.0995 e. The summed E-state index contributed by atoms with van der Waals surface area (Å²) in [6.07, 6.45) is 3.49. The van der Waals surface area contributed by atoms with Gasteiger partial charge in [-0.25, -0.2) is 4.98 Å². The first-order chi connectivity index (χ1) is 7.59. The molecule has 16 heavy (non-hydrogen) atoms. The van der Waals surface area contributed by atoms with Crippen LogP contribution in [0.25, 0.3) is 5.69 Å². The lowest BCUT2D eigenvalue weighted by atomic mass is 10.2. The Balaban J connectivity index is 2.58. The van der Waals surface area contributed by atoms with E-state index in [9.17, 15) is 0 Å². The van der Waals surface area contributed by atoms with Crippen molar-refractivity contribution in [1.82, 2.24) is 9.55 Å². The van der Waals surface area contributed by atoms with Crippen molar-refractivity contribution in [3.05, 3.63) is 45.9 Å². The third kappa shape index (κ3) is 2.14. The molecule has 3 nitrogen and oxygen atoms in total. The Morgan fingerprint density at radius 1 is 1.50 bits per heavy atom. The van der Waals surface area contributed by atoms with Gasteiger partial charge >= 0.3 is 0 Å². The van der Waals surface area contributed by atoms with Crippen molar-refractivity contribution >= 4 is 27.5 Å². The van der Waals surface area contributed by atoms with Gasteiger partial charge in [0.2, 0.25) is 0 Å². The number of hydrogen-bond acceptors (Lipinski definition) is 2. The second-order valence-corrected chi connectivity index (χ2v) is 4.86. The Morgan fingerprint density at radius 3 is 2.94 bits per heavy atom. The van der Waals surface area contributed by atoms with Crippen LogP contribution in [-0.4, -0.2) is 9.55 Å². The number of nitrogens with two attached hydrogens (primary N) is 1. The van der Waals surface area contributed by atoms with Crippen molar-refractivity contribution in [3.8, 4) is 5.69 Å². The number of aromatic nitrogens is 2. The van der Waals surface area contributed by atoms with E-state index in [1.54, 1.807) is 12.5 Å². The van der Waals surface area contributed by atoms with Gasteiger partial charge in [-0.1, -0.05) is 11.6 Å². The van der Waals surface area contributed by atoms with Gasteiger partial charge in [0.15, 0.2) is 0 Å². The lowest BCUT2D eigenvalue weighted by Crippen LogP contribution is -2.10. The first-order valence-electron chi connectivity index (χ1n) is 4.83. The molecule has 0 aliphatic heterocycles. The van der Waals surface area contributed by atoms with Crippen molar-refractivity contribution in [1.29, 1.82) is 0 Å². The molecule has 0 saturated heterocycles. The fraction of sp³-hybridized carbons (Fsp3) is 0.182. The van der Waals surface area contributed by atoms with Gasteiger partial charge in [-0.15, -0.1) is 0 Å². The summed E-state index contributed by atoms with van der Waals surface area (Å²) in [4.78, 5) is 4.11. The van der Waals surface area contributed by atoms with E-state index in [0.717, 1.165) is 15.9 Å². The van der Waals surface area contributed by atoms with Crippen LogP contribution < -0.4 is 5.73 Å². The van der Waals surface area contributed by atoms with Crippen molar-refractivity contribution in [2.45, 2.75) is 13.0 Å². The summed E-state index contributed by atoms with van der Waals surface area (Å²) in [5, 5.41) is 0.683. The van der Waals surface area contributed by atoms with E-state index >= 15 is 0 Å². The monoisotopic (exact) mass is 299 g/mol. The smallest absolute Gasteiger partial charge is 0.0995 e. The van der Waals surface area contributed by atoms with Crippen molar-refractivity contribution in [2.24, 2.45) is 5.73 Å². The normalized spacial score (nSPS) is 12.8. The number of rotatable bonds is 2.